The van der Waals surface area contributed by atoms with Crippen LogP contribution in [0.3, 0.4) is 0 Å². The van der Waals surface area contributed by atoms with Crippen LogP contribution in [0.2, 0.25) is 0 Å². The van der Waals surface area contributed by atoms with Crippen molar-refractivity contribution in [1.82, 2.24) is 15.5 Å². The smallest absolute Gasteiger partial charge is 0.410 e. The van der Waals surface area contributed by atoms with E-state index in [0.717, 1.165) is 5.56 Å². The highest BCUT2D eigenvalue weighted by molar-refractivity contribution is 5.94. The maximum atomic E-state index is 13.7. The van der Waals surface area contributed by atoms with Crippen molar-refractivity contribution in [1.29, 1.82) is 0 Å². The third kappa shape index (κ3) is 6.71. The number of rotatable bonds is 7. The standard InChI is InChI=1S/C25H37N3O6/c1-16(2)19(20(29)26-17(3)21(30)31)27-22(32)25(18-10-8-7-9-11-18)12-14-28(15-13-25)23(33)34-24(4,5)6/h7-11,16-17,19H,12-15H2,1-6H3,(H,26,29)(H,27,32)(H,30,31). The van der Waals surface area contributed by atoms with Crippen LogP contribution in [0, 0.1) is 5.92 Å². The number of piperidine rings is 1. The number of carbonyl (C=O) groups is 4. The predicted octanol–water partition coefficient (Wildman–Crippen LogP) is 2.69. The molecule has 9 nitrogen and oxygen atoms in total. The molecule has 1 fully saturated rings. The van der Waals surface area contributed by atoms with Crippen molar-refractivity contribution in [2.45, 2.75) is 77.5 Å². The van der Waals surface area contributed by atoms with Gasteiger partial charge in [-0.3, -0.25) is 14.4 Å². The molecule has 1 saturated heterocycles. The number of benzene rings is 1. The molecule has 1 heterocycles. The first-order chi connectivity index (χ1) is 15.8. The van der Waals surface area contributed by atoms with Crippen molar-refractivity contribution in [3.63, 3.8) is 0 Å². The van der Waals surface area contributed by atoms with E-state index in [4.69, 9.17) is 9.84 Å². The first-order valence-electron chi connectivity index (χ1n) is 11.6. The van der Waals surface area contributed by atoms with E-state index < -0.39 is 41.1 Å². The van der Waals surface area contributed by atoms with Crippen LogP contribution in [0.4, 0.5) is 4.79 Å². The number of hydrogen-bond donors (Lipinski definition) is 3. The molecule has 34 heavy (non-hydrogen) atoms. The number of likely N-dealkylation sites (tertiary alicyclic amines) is 1. The van der Waals surface area contributed by atoms with Gasteiger partial charge in [0.05, 0.1) is 5.41 Å². The minimum atomic E-state index is -1.16. The van der Waals surface area contributed by atoms with Crippen LogP contribution in [0.1, 0.15) is 59.9 Å². The Kier molecular flexibility index (Phi) is 8.69. The molecule has 0 saturated carbocycles. The van der Waals surface area contributed by atoms with Crippen molar-refractivity contribution in [2.24, 2.45) is 5.92 Å². The van der Waals surface area contributed by atoms with Gasteiger partial charge in [0.15, 0.2) is 0 Å². The number of nitrogens with one attached hydrogen (secondary N) is 2. The molecule has 2 unspecified atom stereocenters. The number of hydrogen-bond acceptors (Lipinski definition) is 5. The number of ether oxygens (including phenoxy) is 1. The molecule has 1 aliphatic rings. The van der Waals surface area contributed by atoms with Gasteiger partial charge in [0.2, 0.25) is 11.8 Å². The van der Waals surface area contributed by atoms with E-state index in [1.807, 2.05) is 30.3 Å². The van der Waals surface area contributed by atoms with Crippen molar-refractivity contribution in [2.75, 3.05) is 13.1 Å². The van der Waals surface area contributed by atoms with Gasteiger partial charge in [-0.05, 0) is 52.0 Å². The summed E-state index contributed by atoms with van der Waals surface area (Å²) in [5.74, 6) is -2.29. The molecule has 2 atom stereocenters. The van der Waals surface area contributed by atoms with Gasteiger partial charge in [-0.15, -0.1) is 0 Å². The molecular formula is C25H37N3O6. The van der Waals surface area contributed by atoms with Gasteiger partial charge in [0.1, 0.15) is 17.7 Å². The molecule has 0 aliphatic carbocycles. The second-order valence-corrected chi connectivity index (χ2v) is 10.2. The first kappa shape index (κ1) is 27.1. The quantitative estimate of drug-likeness (QED) is 0.557. The summed E-state index contributed by atoms with van der Waals surface area (Å²) in [7, 11) is 0. The maximum absolute atomic E-state index is 13.7. The van der Waals surface area contributed by atoms with Crippen LogP contribution in [0.5, 0.6) is 0 Å². The van der Waals surface area contributed by atoms with Crippen LogP contribution < -0.4 is 10.6 Å². The van der Waals surface area contributed by atoms with Crippen LogP contribution in [-0.4, -0.2) is 64.7 Å². The summed E-state index contributed by atoms with van der Waals surface area (Å²) < 4.78 is 5.48. The highest BCUT2D eigenvalue weighted by Gasteiger charge is 2.45. The molecule has 2 rings (SSSR count). The lowest BCUT2D eigenvalue weighted by Gasteiger charge is -2.42. The second kappa shape index (κ2) is 10.9. The highest BCUT2D eigenvalue weighted by atomic mass is 16.6. The van der Waals surface area contributed by atoms with Gasteiger partial charge in [-0.2, -0.15) is 0 Å². The number of carboxylic acid groups (broad SMARTS) is 1. The lowest BCUT2D eigenvalue weighted by molar-refractivity contribution is -0.142. The summed E-state index contributed by atoms with van der Waals surface area (Å²) in [4.78, 5) is 51.8. The Morgan fingerprint density at radius 1 is 1.00 bits per heavy atom. The lowest BCUT2D eigenvalue weighted by Crippen LogP contribution is -2.59. The zero-order chi connectivity index (χ0) is 25.7. The van der Waals surface area contributed by atoms with Gasteiger partial charge in [0, 0.05) is 13.1 Å². The zero-order valence-electron chi connectivity index (χ0n) is 20.9. The summed E-state index contributed by atoms with van der Waals surface area (Å²) in [5.41, 5.74) is -0.753. The molecule has 9 heteroatoms. The Morgan fingerprint density at radius 2 is 1.56 bits per heavy atom. The van der Waals surface area contributed by atoms with E-state index in [9.17, 15) is 19.2 Å². The van der Waals surface area contributed by atoms with E-state index in [0.29, 0.717) is 25.9 Å². The van der Waals surface area contributed by atoms with Gasteiger partial charge < -0.3 is 25.4 Å². The van der Waals surface area contributed by atoms with E-state index in [1.54, 1.807) is 39.5 Å². The van der Waals surface area contributed by atoms with Crippen molar-refractivity contribution >= 4 is 23.9 Å². The van der Waals surface area contributed by atoms with Crippen LogP contribution in [-0.2, 0) is 24.5 Å². The third-order valence-corrected chi connectivity index (χ3v) is 5.99. The summed E-state index contributed by atoms with van der Waals surface area (Å²) in [6, 6.07) is 7.34. The minimum absolute atomic E-state index is 0.264. The topological polar surface area (TPSA) is 125 Å². The number of nitrogens with zero attached hydrogens (tertiary/aromatic N) is 1. The van der Waals surface area contributed by atoms with Gasteiger partial charge in [-0.1, -0.05) is 44.2 Å². The predicted molar refractivity (Wildman–Crippen MR) is 127 cm³/mol. The SMILES string of the molecule is CC(NC(=O)C(NC(=O)C1(c2ccccc2)CCN(C(=O)OC(C)(C)C)CC1)C(C)C)C(=O)O. The van der Waals surface area contributed by atoms with Crippen molar-refractivity contribution in [3.8, 4) is 0 Å². The molecule has 0 aromatic heterocycles. The van der Waals surface area contributed by atoms with Gasteiger partial charge >= 0.3 is 12.1 Å². The monoisotopic (exact) mass is 475 g/mol. The zero-order valence-corrected chi connectivity index (χ0v) is 20.9. The van der Waals surface area contributed by atoms with Crippen LogP contribution in [0.15, 0.2) is 30.3 Å². The molecule has 188 valence electrons. The molecule has 1 aromatic rings. The Balaban J connectivity index is 2.26. The van der Waals surface area contributed by atoms with Crippen LogP contribution in [0.25, 0.3) is 0 Å². The Hall–Kier alpha value is -3.10. The molecule has 1 aromatic carbocycles. The molecule has 0 bridgehead atoms. The minimum Gasteiger partial charge on any atom is -0.480 e. The highest BCUT2D eigenvalue weighted by Crippen LogP contribution is 2.36. The van der Waals surface area contributed by atoms with E-state index in [-0.39, 0.29) is 11.8 Å². The average Bonchev–Trinajstić information content (AvgIpc) is 2.76. The van der Waals surface area contributed by atoms with E-state index in [2.05, 4.69) is 10.6 Å². The number of aliphatic carboxylic acids is 1. The summed E-state index contributed by atoms with van der Waals surface area (Å²) in [6.07, 6.45) is 0.303. The van der Waals surface area contributed by atoms with Crippen molar-refractivity contribution in [3.05, 3.63) is 35.9 Å². The molecule has 1 aliphatic heterocycles. The third-order valence-electron chi connectivity index (χ3n) is 5.99. The molecule has 3 amide bonds. The fourth-order valence-electron chi connectivity index (χ4n) is 3.98. The molecule has 0 radical (unpaired) electrons. The van der Waals surface area contributed by atoms with Gasteiger partial charge in [-0.25, -0.2) is 4.79 Å². The van der Waals surface area contributed by atoms with Crippen LogP contribution >= 0.6 is 0 Å². The maximum Gasteiger partial charge on any atom is 0.410 e. The first-order valence-corrected chi connectivity index (χ1v) is 11.6. The number of amides is 3. The fourth-order valence-corrected chi connectivity index (χ4v) is 3.98. The van der Waals surface area contributed by atoms with E-state index >= 15 is 0 Å². The lowest BCUT2D eigenvalue weighted by atomic mass is 9.71. The van der Waals surface area contributed by atoms with Crippen molar-refractivity contribution < 1.29 is 29.0 Å². The summed E-state index contributed by atoms with van der Waals surface area (Å²) in [6.45, 7) is 11.0. The number of carbonyl (C=O) groups excluding carboxylic acids is 3. The molecular weight excluding hydrogens is 438 g/mol. The second-order valence-electron chi connectivity index (χ2n) is 10.2. The normalized spacial score (nSPS) is 17.4. The number of carboxylic acids is 1. The Bertz CT molecular complexity index is 886. The average molecular weight is 476 g/mol. The fraction of sp³-hybridized carbons (Fsp3) is 0.600. The summed E-state index contributed by atoms with van der Waals surface area (Å²) in [5, 5.41) is 14.4. The largest absolute Gasteiger partial charge is 0.480 e. The Labute approximate surface area is 201 Å². The van der Waals surface area contributed by atoms with E-state index in [1.165, 1.54) is 6.92 Å². The van der Waals surface area contributed by atoms with Gasteiger partial charge in [0.25, 0.3) is 0 Å². The molecule has 0 spiro atoms. The Morgan fingerprint density at radius 3 is 2.03 bits per heavy atom. The molecule has 3 N–H and O–H groups in total. The summed E-state index contributed by atoms with van der Waals surface area (Å²) >= 11 is 0.